The van der Waals surface area contributed by atoms with Crippen LogP contribution in [-0.2, 0) is 10.0 Å². The van der Waals surface area contributed by atoms with Gasteiger partial charge in [-0.3, -0.25) is 0 Å². The third-order valence-electron chi connectivity index (χ3n) is 2.56. The summed E-state index contributed by atoms with van der Waals surface area (Å²) in [5.74, 6) is 0. The minimum Gasteiger partial charge on any atom is -0.199 e. The fourth-order valence-corrected chi connectivity index (χ4v) is 4.17. The Hall–Kier alpha value is -1.59. The second kappa shape index (κ2) is 4.26. The Morgan fingerprint density at radius 3 is 2.33 bits per heavy atom. The smallest absolute Gasteiger partial charge is 0.199 e. The van der Waals surface area contributed by atoms with Crippen LogP contribution >= 0.6 is 11.8 Å². The van der Waals surface area contributed by atoms with Gasteiger partial charge in [-0.05, 0) is 18.2 Å². The zero-order valence-corrected chi connectivity index (χ0v) is 10.9. The van der Waals surface area contributed by atoms with Gasteiger partial charge in [0.1, 0.15) is 5.04 Å². The first-order valence-electron chi connectivity index (χ1n) is 5.34. The predicted octanol–water partition coefficient (Wildman–Crippen LogP) is 2.93. The summed E-state index contributed by atoms with van der Waals surface area (Å²) in [7, 11) is -3.51. The SMILES string of the molecule is O=S1(=O)N=C(Sc2ccccc2)c2ccccc21. The molecule has 90 valence electrons. The highest BCUT2D eigenvalue weighted by Crippen LogP contribution is 2.33. The van der Waals surface area contributed by atoms with Crippen molar-refractivity contribution in [1.29, 1.82) is 0 Å². The van der Waals surface area contributed by atoms with E-state index in [1.807, 2.05) is 36.4 Å². The van der Waals surface area contributed by atoms with Crippen molar-refractivity contribution < 1.29 is 8.42 Å². The monoisotopic (exact) mass is 275 g/mol. The van der Waals surface area contributed by atoms with Crippen LogP contribution in [0.25, 0.3) is 0 Å². The molecule has 3 nitrogen and oxygen atoms in total. The molecular formula is C13H9NO2S2. The zero-order valence-electron chi connectivity index (χ0n) is 9.28. The largest absolute Gasteiger partial charge is 0.284 e. The van der Waals surface area contributed by atoms with Crippen molar-refractivity contribution in [2.45, 2.75) is 9.79 Å². The number of fused-ring (bicyclic) bond motifs is 1. The zero-order chi connectivity index (χ0) is 12.6. The van der Waals surface area contributed by atoms with E-state index in [2.05, 4.69) is 4.40 Å². The molecule has 0 aliphatic carbocycles. The maximum Gasteiger partial charge on any atom is 0.284 e. The van der Waals surface area contributed by atoms with Crippen LogP contribution in [0.5, 0.6) is 0 Å². The first-order chi connectivity index (χ1) is 8.67. The molecule has 0 spiro atoms. The van der Waals surface area contributed by atoms with E-state index in [1.165, 1.54) is 11.8 Å². The fourth-order valence-electron chi connectivity index (χ4n) is 1.75. The standard InChI is InChI=1S/C13H9NO2S2/c15-18(16)12-9-5-4-8-11(12)13(14-18)17-10-6-2-1-3-7-10/h1-9H. The highest BCUT2D eigenvalue weighted by atomic mass is 32.2. The van der Waals surface area contributed by atoms with Crippen LogP contribution in [0.15, 0.2) is 68.8 Å². The van der Waals surface area contributed by atoms with Gasteiger partial charge in [0.15, 0.2) is 0 Å². The van der Waals surface area contributed by atoms with Gasteiger partial charge in [0.05, 0.1) is 4.90 Å². The van der Waals surface area contributed by atoms with Gasteiger partial charge in [-0.1, -0.05) is 48.2 Å². The summed E-state index contributed by atoms with van der Waals surface area (Å²) in [4.78, 5) is 1.27. The number of hydrogen-bond donors (Lipinski definition) is 0. The van der Waals surface area contributed by atoms with Gasteiger partial charge in [0, 0.05) is 10.5 Å². The number of rotatable bonds is 1. The average Bonchev–Trinajstić information content (AvgIpc) is 2.63. The fraction of sp³-hybridized carbons (Fsp3) is 0. The average molecular weight is 275 g/mol. The molecule has 0 amide bonds. The van der Waals surface area contributed by atoms with Gasteiger partial charge >= 0.3 is 0 Å². The van der Waals surface area contributed by atoms with Crippen molar-refractivity contribution in [2.75, 3.05) is 0 Å². The lowest BCUT2D eigenvalue weighted by Gasteiger charge is -2.01. The van der Waals surface area contributed by atoms with Crippen LogP contribution in [0.4, 0.5) is 0 Å². The van der Waals surface area contributed by atoms with Crippen molar-refractivity contribution in [3.63, 3.8) is 0 Å². The Labute approximate surface area is 110 Å². The summed E-state index contributed by atoms with van der Waals surface area (Å²) in [6.07, 6.45) is 0. The molecule has 1 aliphatic rings. The Bertz CT molecular complexity index is 722. The van der Waals surface area contributed by atoms with E-state index in [-0.39, 0.29) is 0 Å². The molecule has 2 aromatic carbocycles. The molecule has 2 aromatic rings. The lowest BCUT2D eigenvalue weighted by atomic mass is 10.2. The molecule has 0 aromatic heterocycles. The van der Waals surface area contributed by atoms with E-state index in [1.54, 1.807) is 18.2 Å². The second-order valence-electron chi connectivity index (χ2n) is 3.78. The number of sulfonamides is 1. The molecule has 0 N–H and O–H groups in total. The van der Waals surface area contributed by atoms with Gasteiger partial charge in [0.2, 0.25) is 0 Å². The third-order valence-corrected chi connectivity index (χ3v) is 5.02. The maximum atomic E-state index is 11.9. The summed E-state index contributed by atoms with van der Waals surface area (Å²) in [5.41, 5.74) is 0.686. The molecule has 18 heavy (non-hydrogen) atoms. The first-order valence-corrected chi connectivity index (χ1v) is 7.60. The number of thioether (sulfide) groups is 1. The molecule has 5 heteroatoms. The van der Waals surface area contributed by atoms with Crippen molar-refractivity contribution in [3.8, 4) is 0 Å². The highest BCUT2D eigenvalue weighted by Gasteiger charge is 2.28. The van der Waals surface area contributed by atoms with Gasteiger partial charge in [0.25, 0.3) is 10.0 Å². The van der Waals surface area contributed by atoms with E-state index >= 15 is 0 Å². The maximum absolute atomic E-state index is 11.9. The van der Waals surface area contributed by atoms with Crippen molar-refractivity contribution in [1.82, 2.24) is 0 Å². The molecule has 0 saturated carbocycles. The summed E-state index contributed by atoms with van der Waals surface area (Å²) in [5, 5.41) is 0.539. The normalized spacial score (nSPS) is 16.1. The second-order valence-corrected chi connectivity index (χ2v) is 6.42. The van der Waals surface area contributed by atoms with Gasteiger partial charge in [-0.15, -0.1) is 0 Å². The molecule has 0 bridgehead atoms. The predicted molar refractivity (Wildman–Crippen MR) is 72.5 cm³/mol. The van der Waals surface area contributed by atoms with Gasteiger partial charge in [-0.25, -0.2) is 0 Å². The summed E-state index contributed by atoms with van der Waals surface area (Å²) < 4.78 is 27.5. The van der Waals surface area contributed by atoms with Crippen LogP contribution in [0.3, 0.4) is 0 Å². The van der Waals surface area contributed by atoms with Crippen molar-refractivity contribution in [2.24, 2.45) is 4.40 Å². The quantitative estimate of drug-likeness (QED) is 0.804. The molecular weight excluding hydrogens is 266 g/mol. The molecule has 0 radical (unpaired) electrons. The Morgan fingerprint density at radius 2 is 1.56 bits per heavy atom. The van der Waals surface area contributed by atoms with Crippen molar-refractivity contribution in [3.05, 3.63) is 60.2 Å². The molecule has 3 rings (SSSR count). The topological polar surface area (TPSA) is 46.5 Å². The minimum absolute atomic E-state index is 0.295. The molecule has 0 saturated heterocycles. The lowest BCUT2D eigenvalue weighted by Crippen LogP contribution is -1.93. The van der Waals surface area contributed by atoms with E-state index < -0.39 is 10.0 Å². The first kappa shape index (κ1) is 11.5. The van der Waals surface area contributed by atoms with Gasteiger partial charge in [-0.2, -0.15) is 12.8 Å². The van der Waals surface area contributed by atoms with Crippen LogP contribution in [0.1, 0.15) is 5.56 Å². The van der Waals surface area contributed by atoms with Crippen LogP contribution in [-0.4, -0.2) is 13.5 Å². The highest BCUT2D eigenvalue weighted by molar-refractivity contribution is 8.15. The Balaban J connectivity index is 2.05. The van der Waals surface area contributed by atoms with E-state index in [0.29, 0.717) is 15.5 Å². The Kier molecular flexibility index (Phi) is 2.72. The molecule has 1 aliphatic heterocycles. The molecule has 0 fully saturated rings. The Morgan fingerprint density at radius 1 is 0.889 bits per heavy atom. The summed E-state index contributed by atoms with van der Waals surface area (Å²) >= 11 is 1.37. The van der Waals surface area contributed by atoms with Crippen molar-refractivity contribution >= 4 is 26.8 Å². The molecule has 1 heterocycles. The molecule has 0 unspecified atom stereocenters. The van der Waals surface area contributed by atoms with Crippen LogP contribution in [0, 0.1) is 0 Å². The molecule has 0 atom stereocenters. The van der Waals surface area contributed by atoms with E-state index in [4.69, 9.17) is 0 Å². The minimum atomic E-state index is -3.51. The van der Waals surface area contributed by atoms with Gasteiger partial charge < -0.3 is 0 Å². The number of benzene rings is 2. The summed E-state index contributed by atoms with van der Waals surface area (Å²) in [6, 6.07) is 16.5. The number of nitrogens with zero attached hydrogens (tertiary/aromatic N) is 1. The lowest BCUT2D eigenvalue weighted by molar-refractivity contribution is 0.599. The number of hydrogen-bond acceptors (Lipinski definition) is 3. The third kappa shape index (κ3) is 1.95. The van der Waals surface area contributed by atoms with E-state index in [0.717, 1.165) is 4.90 Å². The van der Waals surface area contributed by atoms with Crippen LogP contribution < -0.4 is 0 Å². The van der Waals surface area contributed by atoms with Crippen LogP contribution in [0.2, 0.25) is 0 Å². The summed E-state index contributed by atoms with van der Waals surface area (Å²) in [6.45, 7) is 0. The van der Waals surface area contributed by atoms with E-state index in [9.17, 15) is 8.42 Å².